The largest absolute Gasteiger partial charge is 0.326 e. The van der Waals surface area contributed by atoms with Crippen LogP contribution in [-0.4, -0.2) is 23.3 Å². The number of hydrogen-bond acceptors (Lipinski definition) is 4. The van der Waals surface area contributed by atoms with Gasteiger partial charge in [0.1, 0.15) is 17.3 Å². The summed E-state index contributed by atoms with van der Waals surface area (Å²) in [6.45, 7) is 0. The van der Waals surface area contributed by atoms with Gasteiger partial charge in [-0.3, -0.25) is 19.2 Å². The summed E-state index contributed by atoms with van der Waals surface area (Å²) in [5, 5.41) is 3.21. The van der Waals surface area contributed by atoms with Crippen LogP contribution < -0.4 is 5.32 Å². The number of ketones is 3. The molecule has 0 aromatic heterocycles. The lowest BCUT2D eigenvalue weighted by molar-refractivity contribution is -0.140. The standard InChI is InChI=1S/C16H16ClNO4/c17-10-1-3-11(4-2-10)18-16(22)8-7-15(21)13-9-12(19)5-6-14(13)20/h1-4,13H,5-9H2,(H,18,22)/t13-/m0/s1. The number of amides is 1. The van der Waals surface area contributed by atoms with E-state index in [9.17, 15) is 19.2 Å². The fourth-order valence-electron chi connectivity index (χ4n) is 2.34. The summed E-state index contributed by atoms with van der Waals surface area (Å²) >= 11 is 5.75. The lowest BCUT2D eigenvalue weighted by Gasteiger charge is -2.18. The molecule has 1 amide bonds. The Morgan fingerprint density at radius 3 is 2.45 bits per heavy atom. The third-order valence-electron chi connectivity index (χ3n) is 3.59. The molecule has 1 saturated carbocycles. The summed E-state index contributed by atoms with van der Waals surface area (Å²) in [5.41, 5.74) is 0.589. The van der Waals surface area contributed by atoms with Crippen LogP contribution in [0.1, 0.15) is 32.1 Å². The summed E-state index contributed by atoms with van der Waals surface area (Å²) < 4.78 is 0. The van der Waals surface area contributed by atoms with Crippen LogP contribution >= 0.6 is 11.6 Å². The van der Waals surface area contributed by atoms with E-state index in [-0.39, 0.29) is 55.4 Å². The molecule has 0 saturated heterocycles. The molecule has 2 rings (SSSR count). The zero-order chi connectivity index (χ0) is 16.1. The molecule has 0 bridgehead atoms. The normalized spacial score (nSPS) is 18.1. The molecule has 1 atom stereocenters. The Hall–Kier alpha value is -2.01. The number of rotatable bonds is 5. The molecule has 1 aromatic rings. The molecule has 0 radical (unpaired) electrons. The highest BCUT2D eigenvalue weighted by Gasteiger charge is 2.32. The summed E-state index contributed by atoms with van der Waals surface area (Å²) in [5.74, 6) is -1.76. The number of carbonyl (C=O) groups excluding carboxylic acids is 4. The Labute approximate surface area is 133 Å². The van der Waals surface area contributed by atoms with Crippen LogP contribution in [0.2, 0.25) is 5.02 Å². The molecule has 0 unspecified atom stereocenters. The maximum atomic E-state index is 12.0. The van der Waals surface area contributed by atoms with E-state index in [1.54, 1.807) is 24.3 Å². The van der Waals surface area contributed by atoms with Gasteiger partial charge in [0.15, 0.2) is 0 Å². The second-order valence-electron chi connectivity index (χ2n) is 5.28. The molecule has 116 valence electrons. The van der Waals surface area contributed by atoms with Crippen LogP contribution in [0.25, 0.3) is 0 Å². The van der Waals surface area contributed by atoms with Crippen molar-refractivity contribution in [3.8, 4) is 0 Å². The lowest BCUT2D eigenvalue weighted by atomic mass is 9.83. The van der Waals surface area contributed by atoms with Crippen molar-refractivity contribution in [1.82, 2.24) is 0 Å². The highest BCUT2D eigenvalue weighted by atomic mass is 35.5. The fraction of sp³-hybridized carbons (Fsp3) is 0.375. The van der Waals surface area contributed by atoms with Crippen molar-refractivity contribution in [3.05, 3.63) is 29.3 Å². The van der Waals surface area contributed by atoms with Crippen molar-refractivity contribution in [1.29, 1.82) is 0 Å². The number of Topliss-reactive ketones (excluding diaryl/α,β-unsaturated/α-hetero) is 3. The predicted molar refractivity (Wildman–Crippen MR) is 81.7 cm³/mol. The van der Waals surface area contributed by atoms with Gasteiger partial charge >= 0.3 is 0 Å². The first kappa shape index (κ1) is 16.4. The van der Waals surface area contributed by atoms with Gasteiger partial charge in [0.2, 0.25) is 5.91 Å². The second kappa shape index (κ2) is 7.31. The summed E-state index contributed by atoms with van der Waals surface area (Å²) in [7, 11) is 0. The first-order valence-corrected chi connectivity index (χ1v) is 7.46. The highest BCUT2D eigenvalue weighted by Crippen LogP contribution is 2.21. The van der Waals surface area contributed by atoms with Gasteiger partial charge < -0.3 is 5.32 Å². The summed E-state index contributed by atoms with van der Waals surface area (Å²) in [6, 6.07) is 6.61. The first-order valence-electron chi connectivity index (χ1n) is 7.08. The number of carbonyl (C=O) groups is 4. The van der Waals surface area contributed by atoms with Gasteiger partial charge in [0.05, 0.1) is 5.92 Å². The first-order chi connectivity index (χ1) is 10.5. The number of anilines is 1. The zero-order valence-corrected chi connectivity index (χ0v) is 12.7. The zero-order valence-electron chi connectivity index (χ0n) is 11.9. The van der Waals surface area contributed by atoms with Crippen molar-refractivity contribution in [2.24, 2.45) is 5.92 Å². The van der Waals surface area contributed by atoms with Crippen LogP contribution in [0.5, 0.6) is 0 Å². The Morgan fingerprint density at radius 1 is 1.09 bits per heavy atom. The van der Waals surface area contributed by atoms with Crippen LogP contribution in [0, 0.1) is 5.92 Å². The van der Waals surface area contributed by atoms with Crippen LogP contribution in [-0.2, 0) is 19.2 Å². The number of halogens is 1. The SMILES string of the molecule is O=C1CCC(=O)[C@@H](C(=O)CCC(=O)Nc2ccc(Cl)cc2)C1. The molecule has 0 heterocycles. The van der Waals surface area contributed by atoms with E-state index in [2.05, 4.69) is 5.32 Å². The molecular formula is C16H16ClNO4. The maximum absolute atomic E-state index is 12.0. The van der Waals surface area contributed by atoms with E-state index >= 15 is 0 Å². The van der Waals surface area contributed by atoms with Gasteiger partial charge in [0.25, 0.3) is 0 Å². The van der Waals surface area contributed by atoms with Crippen molar-refractivity contribution < 1.29 is 19.2 Å². The molecule has 6 heteroatoms. The van der Waals surface area contributed by atoms with Gasteiger partial charge in [-0.2, -0.15) is 0 Å². The van der Waals surface area contributed by atoms with Gasteiger partial charge in [-0.05, 0) is 24.3 Å². The van der Waals surface area contributed by atoms with Gasteiger partial charge in [-0.15, -0.1) is 0 Å². The predicted octanol–water partition coefficient (Wildman–Crippen LogP) is 2.57. The van der Waals surface area contributed by atoms with Crippen molar-refractivity contribution in [2.45, 2.75) is 32.1 Å². The van der Waals surface area contributed by atoms with Gasteiger partial charge in [-0.25, -0.2) is 0 Å². The second-order valence-corrected chi connectivity index (χ2v) is 5.72. The third-order valence-corrected chi connectivity index (χ3v) is 3.84. The molecule has 22 heavy (non-hydrogen) atoms. The van der Waals surface area contributed by atoms with E-state index < -0.39 is 5.92 Å². The molecule has 1 fully saturated rings. The van der Waals surface area contributed by atoms with Gasteiger partial charge in [-0.1, -0.05) is 11.6 Å². The molecule has 0 aliphatic heterocycles. The molecular weight excluding hydrogens is 306 g/mol. The molecule has 1 aliphatic carbocycles. The topological polar surface area (TPSA) is 80.3 Å². The highest BCUT2D eigenvalue weighted by molar-refractivity contribution is 6.30. The van der Waals surface area contributed by atoms with Crippen molar-refractivity contribution >= 4 is 40.5 Å². The quantitative estimate of drug-likeness (QED) is 0.845. The van der Waals surface area contributed by atoms with E-state index in [1.807, 2.05) is 0 Å². The van der Waals surface area contributed by atoms with E-state index in [1.165, 1.54) is 0 Å². The minimum Gasteiger partial charge on any atom is -0.326 e. The summed E-state index contributed by atoms with van der Waals surface area (Å²) in [6.07, 6.45) is 0.283. The number of hydrogen-bond donors (Lipinski definition) is 1. The molecule has 1 aliphatic rings. The smallest absolute Gasteiger partial charge is 0.224 e. The maximum Gasteiger partial charge on any atom is 0.224 e. The van der Waals surface area contributed by atoms with Gasteiger partial charge in [0, 0.05) is 42.8 Å². The van der Waals surface area contributed by atoms with Crippen molar-refractivity contribution in [2.75, 3.05) is 5.32 Å². The fourth-order valence-corrected chi connectivity index (χ4v) is 2.47. The molecule has 0 spiro atoms. The van der Waals surface area contributed by atoms with Crippen LogP contribution in [0.15, 0.2) is 24.3 Å². The minimum atomic E-state index is -0.857. The molecule has 5 nitrogen and oxygen atoms in total. The van der Waals surface area contributed by atoms with Crippen LogP contribution in [0.3, 0.4) is 0 Å². The summed E-state index contributed by atoms with van der Waals surface area (Å²) in [4.78, 5) is 46.8. The lowest BCUT2D eigenvalue weighted by Crippen LogP contribution is -2.31. The molecule has 1 N–H and O–H groups in total. The van der Waals surface area contributed by atoms with E-state index in [4.69, 9.17) is 11.6 Å². The monoisotopic (exact) mass is 321 g/mol. The Bertz CT molecular complexity index is 609. The van der Waals surface area contributed by atoms with E-state index in [0.29, 0.717) is 10.7 Å². The Morgan fingerprint density at radius 2 is 1.77 bits per heavy atom. The minimum absolute atomic E-state index is 0.0145. The number of benzene rings is 1. The molecule has 1 aromatic carbocycles. The third kappa shape index (κ3) is 4.49. The van der Waals surface area contributed by atoms with E-state index in [0.717, 1.165) is 0 Å². The average molecular weight is 322 g/mol. The average Bonchev–Trinajstić information content (AvgIpc) is 2.49. The Balaban J connectivity index is 1.82. The number of nitrogens with one attached hydrogen (secondary N) is 1. The Kier molecular flexibility index (Phi) is 5.44. The van der Waals surface area contributed by atoms with Crippen LogP contribution in [0.4, 0.5) is 5.69 Å². The van der Waals surface area contributed by atoms with Crippen molar-refractivity contribution in [3.63, 3.8) is 0 Å².